The second-order valence-corrected chi connectivity index (χ2v) is 4.21. The first-order valence-electron chi connectivity index (χ1n) is 4.61. The third-order valence-corrected chi connectivity index (χ3v) is 3.24. The number of fused-ring (bicyclic) bond motifs is 1. The zero-order valence-corrected chi connectivity index (χ0v) is 9.36. The predicted octanol–water partition coefficient (Wildman–Crippen LogP) is 3.24. The molecule has 0 fully saturated rings. The standard InChI is InChI=1S/C9H9BrF3NO/c10-4-7-6-3-5(9(11,12)13)1-2-8(6)15-14-7/h5H,1-4H2. The zero-order valence-electron chi connectivity index (χ0n) is 7.77. The molecule has 0 bridgehead atoms. The van der Waals surface area contributed by atoms with Crippen molar-refractivity contribution < 1.29 is 17.7 Å². The summed E-state index contributed by atoms with van der Waals surface area (Å²) in [5.74, 6) is -0.632. The van der Waals surface area contributed by atoms with Gasteiger partial charge in [-0.3, -0.25) is 0 Å². The predicted molar refractivity (Wildman–Crippen MR) is 50.7 cm³/mol. The lowest BCUT2D eigenvalue weighted by Crippen LogP contribution is -2.28. The van der Waals surface area contributed by atoms with Gasteiger partial charge < -0.3 is 4.52 Å². The molecule has 0 radical (unpaired) electrons. The van der Waals surface area contributed by atoms with E-state index in [9.17, 15) is 13.2 Å². The van der Waals surface area contributed by atoms with Crippen molar-refractivity contribution in [2.45, 2.75) is 30.8 Å². The lowest BCUT2D eigenvalue weighted by atomic mass is 9.86. The molecule has 0 aliphatic heterocycles. The van der Waals surface area contributed by atoms with E-state index in [0.29, 0.717) is 28.8 Å². The van der Waals surface area contributed by atoms with E-state index in [0.717, 1.165) is 0 Å². The van der Waals surface area contributed by atoms with Crippen LogP contribution in [0.2, 0.25) is 0 Å². The molecule has 1 unspecified atom stereocenters. The Morgan fingerprint density at radius 2 is 2.20 bits per heavy atom. The van der Waals surface area contributed by atoms with Crippen molar-refractivity contribution in [1.82, 2.24) is 5.16 Å². The Bertz CT molecular complexity index is 347. The third kappa shape index (κ3) is 2.04. The van der Waals surface area contributed by atoms with Crippen molar-refractivity contribution in [2.75, 3.05) is 0 Å². The van der Waals surface area contributed by atoms with Gasteiger partial charge in [-0.2, -0.15) is 13.2 Å². The van der Waals surface area contributed by atoms with E-state index in [1.165, 1.54) is 0 Å². The van der Waals surface area contributed by atoms with E-state index in [2.05, 4.69) is 21.1 Å². The van der Waals surface area contributed by atoms with Gasteiger partial charge in [0, 0.05) is 17.3 Å². The van der Waals surface area contributed by atoms with Crippen LogP contribution in [0.15, 0.2) is 4.52 Å². The van der Waals surface area contributed by atoms with Gasteiger partial charge in [-0.05, 0) is 12.8 Å². The molecule has 6 heteroatoms. The molecule has 0 saturated heterocycles. The van der Waals surface area contributed by atoms with Gasteiger partial charge in [0.25, 0.3) is 0 Å². The maximum Gasteiger partial charge on any atom is 0.392 e. The zero-order chi connectivity index (χ0) is 11.1. The lowest BCUT2D eigenvalue weighted by molar-refractivity contribution is -0.177. The lowest BCUT2D eigenvalue weighted by Gasteiger charge is -2.23. The van der Waals surface area contributed by atoms with Crippen LogP contribution in [-0.2, 0) is 18.2 Å². The maximum absolute atomic E-state index is 12.5. The van der Waals surface area contributed by atoms with Crippen LogP contribution in [-0.4, -0.2) is 11.3 Å². The van der Waals surface area contributed by atoms with Crippen molar-refractivity contribution in [2.24, 2.45) is 5.92 Å². The number of hydrogen-bond donors (Lipinski definition) is 0. The molecule has 1 aromatic rings. The summed E-state index contributed by atoms with van der Waals surface area (Å²) in [5.41, 5.74) is 1.24. The summed E-state index contributed by atoms with van der Waals surface area (Å²) >= 11 is 3.18. The fourth-order valence-corrected chi connectivity index (χ4v) is 2.29. The smallest absolute Gasteiger partial charge is 0.361 e. The van der Waals surface area contributed by atoms with Gasteiger partial charge in [0.1, 0.15) is 5.76 Å². The van der Waals surface area contributed by atoms with E-state index in [1.807, 2.05) is 0 Å². The summed E-state index contributed by atoms with van der Waals surface area (Å²) in [6, 6.07) is 0. The molecule has 1 aliphatic carbocycles. The Morgan fingerprint density at radius 3 is 2.80 bits per heavy atom. The van der Waals surface area contributed by atoms with Gasteiger partial charge in [0.05, 0.1) is 11.6 Å². The van der Waals surface area contributed by atoms with Crippen molar-refractivity contribution in [3.63, 3.8) is 0 Å². The molecule has 0 amide bonds. The van der Waals surface area contributed by atoms with Gasteiger partial charge >= 0.3 is 6.18 Å². The van der Waals surface area contributed by atoms with Crippen LogP contribution in [0.3, 0.4) is 0 Å². The SMILES string of the molecule is FC(F)(F)C1CCc2onc(CBr)c2C1. The molecule has 84 valence electrons. The summed E-state index contributed by atoms with van der Waals surface area (Å²) in [6.07, 6.45) is -3.67. The van der Waals surface area contributed by atoms with Crippen molar-refractivity contribution in [3.8, 4) is 0 Å². The quantitative estimate of drug-likeness (QED) is 0.740. The van der Waals surface area contributed by atoms with Crippen LogP contribution in [0.25, 0.3) is 0 Å². The Balaban J connectivity index is 2.25. The first-order chi connectivity index (χ1) is 7.02. The second kappa shape index (κ2) is 3.81. The van der Waals surface area contributed by atoms with E-state index in [-0.39, 0.29) is 12.8 Å². The third-order valence-electron chi connectivity index (χ3n) is 2.71. The minimum Gasteiger partial charge on any atom is -0.361 e. The first-order valence-corrected chi connectivity index (χ1v) is 5.73. The molecule has 0 N–H and O–H groups in total. The summed E-state index contributed by atoms with van der Waals surface area (Å²) in [6.45, 7) is 0. The van der Waals surface area contributed by atoms with Gasteiger partial charge in [-0.25, -0.2) is 0 Å². The molecule has 2 nitrogen and oxygen atoms in total. The van der Waals surface area contributed by atoms with Crippen LogP contribution >= 0.6 is 15.9 Å². The summed E-state index contributed by atoms with van der Waals surface area (Å²) in [5, 5.41) is 4.18. The molecule has 2 rings (SSSR count). The number of hydrogen-bond acceptors (Lipinski definition) is 2. The van der Waals surface area contributed by atoms with E-state index >= 15 is 0 Å². The Hall–Kier alpha value is -0.520. The van der Waals surface area contributed by atoms with E-state index in [1.54, 1.807) is 0 Å². The van der Waals surface area contributed by atoms with Crippen LogP contribution in [0.4, 0.5) is 13.2 Å². The van der Waals surface area contributed by atoms with Crippen molar-refractivity contribution >= 4 is 15.9 Å². The normalized spacial score (nSPS) is 21.5. The topological polar surface area (TPSA) is 26.0 Å². The number of rotatable bonds is 1. The fourth-order valence-electron chi connectivity index (χ4n) is 1.85. The number of alkyl halides is 4. The number of halogens is 4. The molecule has 0 saturated carbocycles. The number of nitrogens with zero attached hydrogens (tertiary/aromatic N) is 1. The maximum atomic E-state index is 12.5. The summed E-state index contributed by atoms with van der Waals surface area (Å²) in [4.78, 5) is 0. The Labute approximate surface area is 92.9 Å². The largest absolute Gasteiger partial charge is 0.392 e. The highest BCUT2D eigenvalue weighted by atomic mass is 79.9. The van der Waals surface area contributed by atoms with Crippen molar-refractivity contribution in [1.29, 1.82) is 0 Å². The van der Waals surface area contributed by atoms with Crippen LogP contribution in [0, 0.1) is 5.92 Å². The molecule has 1 aliphatic rings. The minimum absolute atomic E-state index is 0.00324. The van der Waals surface area contributed by atoms with Crippen molar-refractivity contribution in [3.05, 3.63) is 17.0 Å². The van der Waals surface area contributed by atoms with Gasteiger partial charge in [0.15, 0.2) is 0 Å². The van der Waals surface area contributed by atoms with Gasteiger partial charge in [-0.1, -0.05) is 21.1 Å². The number of aromatic nitrogens is 1. The Morgan fingerprint density at radius 1 is 1.47 bits per heavy atom. The fraction of sp³-hybridized carbons (Fsp3) is 0.667. The van der Waals surface area contributed by atoms with E-state index in [4.69, 9.17) is 4.52 Å². The second-order valence-electron chi connectivity index (χ2n) is 3.65. The van der Waals surface area contributed by atoms with Gasteiger partial charge in [-0.15, -0.1) is 0 Å². The Kier molecular flexibility index (Phi) is 2.79. The first kappa shape index (κ1) is 11.0. The highest BCUT2D eigenvalue weighted by Crippen LogP contribution is 2.38. The molecule has 15 heavy (non-hydrogen) atoms. The average Bonchev–Trinajstić information content (AvgIpc) is 2.57. The number of aryl methyl sites for hydroxylation is 1. The molecule has 0 spiro atoms. The highest BCUT2D eigenvalue weighted by molar-refractivity contribution is 9.08. The highest BCUT2D eigenvalue weighted by Gasteiger charge is 2.42. The van der Waals surface area contributed by atoms with Crippen LogP contribution < -0.4 is 0 Å². The molecule has 1 heterocycles. The van der Waals surface area contributed by atoms with Gasteiger partial charge in [0.2, 0.25) is 0 Å². The molecule has 0 aromatic carbocycles. The molecular weight excluding hydrogens is 275 g/mol. The summed E-state index contributed by atoms with van der Waals surface area (Å²) in [7, 11) is 0. The molecule has 1 aromatic heterocycles. The molecule has 1 atom stereocenters. The average molecular weight is 284 g/mol. The van der Waals surface area contributed by atoms with E-state index < -0.39 is 12.1 Å². The monoisotopic (exact) mass is 283 g/mol. The minimum atomic E-state index is -4.11. The molecular formula is C9H9BrF3NO. The summed E-state index contributed by atoms with van der Waals surface area (Å²) < 4.78 is 42.5. The van der Waals surface area contributed by atoms with Crippen LogP contribution in [0.5, 0.6) is 0 Å². The van der Waals surface area contributed by atoms with Crippen LogP contribution in [0.1, 0.15) is 23.4 Å².